The fourth-order valence-electron chi connectivity index (χ4n) is 11.6. The van der Waals surface area contributed by atoms with E-state index in [0.29, 0.717) is 60.8 Å². The molecule has 2 amide bonds. The van der Waals surface area contributed by atoms with Gasteiger partial charge in [0.25, 0.3) is 12.3 Å². The average molecular weight is 895 g/mol. The number of rotatable bonds is 11. The first kappa shape index (κ1) is 43.7. The highest BCUT2D eigenvalue weighted by molar-refractivity contribution is 6.06. The average Bonchev–Trinajstić information content (AvgIpc) is 4.00. The second-order valence-corrected chi connectivity index (χ2v) is 19.2. The number of hydroxylamine groups is 3. The van der Waals surface area contributed by atoms with Crippen LogP contribution in [0.3, 0.4) is 0 Å². The number of anilines is 3. The topological polar surface area (TPSA) is 155 Å². The van der Waals surface area contributed by atoms with Gasteiger partial charge < -0.3 is 39.8 Å². The molecule has 17 heteroatoms. The summed E-state index contributed by atoms with van der Waals surface area (Å²) in [6.07, 6.45) is 7.65. The van der Waals surface area contributed by atoms with Crippen LogP contribution in [0.25, 0.3) is 11.1 Å². The SMILES string of the molecule is CC[N+]1([O-])CCc2c(c(N3CCCc4cc(-c5cnn(C)c5)c(C(F)F)cc43)nn2C2CCN(CCC3CCN(c4cccc5c4C(=O)N(C4CC(C=O)CNC4=O)C5O)CC3)CC2)C1. The van der Waals surface area contributed by atoms with Crippen LogP contribution in [-0.2, 0) is 36.0 Å². The van der Waals surface area contributed by atoms with Gasteiger partial charge in [-0.05, 0) is 100 Å². The van der Waals surface area contributed by atoms with Gasteiger partial charge in [-0.1, -0.05) is 12.1 Å². The molecule has 4 aromatic rings. The minimum absolute atomic E-state index is 0.0240. The predicted octanol–water partition coefficient (Wildman–Crippen LogP) is 5.79. The molecule has 2 N–H and O–H groups in total. The van der Waals surface area contributed by atoms with Gasteiger partial charge in [0.1, 0.15) is 18.9 Å². The third kappa shape index (κ3) is 8.01. The number of aliphatic hydroxyl groups is 1. The maximum Gasteiger partial charge on any atom is 0.264 e. The number of piperidine rings is 3. The number of likely N-dealkylation sites (tertiary alicyclic amines) is 1. The fraction of sp³-hybridized carbons (Fsp3) is 0.562. The van der Waals surface area contributed by atoms with E-state index in [2.05, 4.69) is 29.8 Å². The zero-order valence-corrected chi connectivity index (χ0v) is 37.4. The number of amides is 2. The highest BCUT2D eigenvalue weighted by Gasteiger charge is 2.46. The molecule has 0 aliphatic carbocycles. The number of hydrogen-bond acceptors (Lipinski definition) is 10. The van der Waals surface area contributed by atoms with Gasteiger partial charge >= 0.3 is 0 Å². The van der Waals surface area contributed by atoms with Gasteiger partial charge in [0, 0.05) is 92.9 Å². The number of likely N-dealkylation sites (N-methyl/N-ethyl adjacent to an activating group) is 1. The molecule has 15 nitrogen and oxygen atoms in total. The standard InChI is InChI=1S/C48H60F2N10O5/c1-3-60(65)21-14-39-38(28-60)45(57-15-5-6-32-23-36(33-26-52-54(2)27-33)37(44(49)50)24-41(32)57)53-59(39)34-12-17-55(18-13-34)16-9-30-10-19-56(20-11-30)40-8-4-7-35-43(40)48(64)58(47(35)63)42-22-31(29-61)25-51-46(42)62/h4,7-8,23-24,26-27,29-31,34,42,44,47,63H,3,5-6,9-22,25,28H2,1-2H3,(H,51,62). The summed E-state index contributed by atoms with van der Waals surface area (Å²) in [5.41, 5.74) is 6.73. The molecular formula is C48H60F2N10O5. The summed E-state index contributed by atoms with van der Waals surface area (Å²) in [7, 11) is 1.78. The third-order valence-corrected chi connectivity index (χ3v) is 15.4. The summed E-state index contributed by atoms with van der Waals surface area (Å²) in [6.45, 7) is 8.56. The van der Waals surface area contributed by atoms with Crippen LogP contribution in [0.2, 0.25) is 0 Å². The molecule has 10 rings (SSSR count). The molecule has 65 heavy (non-hydrogen) atoms. The van der Waals surface area contributed by atoms with Gasteiger partial charge in [-0.15, -0.1) is 0 Å². The monoisotopic (exact) mass is 894 g/mol. The van der Waals surface area contributed by atoms with Crippen molar-refractivity contribution in [3.8, 4) is 11.1 Å². The van der Waals surface area contributed by atoms with Crippen molar-refractivity contribution in [2.45, 2.75) is 96.0 Å². The van der Waals surface area contributed by atoms with E-state index in [-0.39, 0.29) is 41.0 Å². The molecule has 3 saturated heterocycles. The maximum absolute atomic E-state index is 14.8. The molecule has 4 unspecified atom stereocenters. The van der Waals surface area contributed by atoms with Crippen molar-refractivity contribution >= 4 is 35.3 Å². The highest BCUT2D eigenvalue weighted by Crippen LogP contribution is 2.45. The van der Waals surface area contributed by atoms with Crippen molar-refractivity contribution in [1.29, 1.82) is 0 Å². The van der Waals surface area contributed by atoms with E-state index in [1.54, 1.807) is 36.3 Å². The Balaban J connectivity index is 0.792. The van der Waals surface area contributed by atoms with Gasteiger partial charge in [0.2, 0.25) is 5.91 Å². The second-order valence-electron chi connectivity index (χ2n) is 19.2. The Morgan fingerprint density at radius 2 is 1.85 bits per heavy atom. The molecule has 6 aliphatic rings. The second kappa shape index (κ2) is 17.5. The number of aryl methyl sites for hydroxylation is 2. The van der Waals surface area contributed by atoms with Gasteiger partial charge in [-0.2, -0.15) is 10.2 Å². The number of quaternary nitrogens is 1. The molecule has 4 atom stereocenters. The van der Waals surface area contributed by atoms with Crippen LogP contribution < -0.4 is 15.1 Å². The van der Waals surface area contributed by atoms with Crippen LogP contribution >= 0.6 is 0 Å². The fourth-order valence-corrected chi connectivity index (χ4v) is 11.6. The Hall–Kier alpha value is -5.23. The summed E-state index contributed by atoms with van der Waals surface area (Å²) < 4.78 is 33.0. The number of aromatic nitrogens is 4. The first-order valence-electron chi connectivity index (χ1n) is 23.7. The van der Waals surface area contributed by atoms with Crippen molar-refractivity contribution < 1.29 is 32.9 Å². The van der Waals surface area contributed by atoms with Crippen LogP contribution in [0.5, 0.6) is 0 Å². The zero-order chi connectivity index (χ0) is 45.1. The summed E-state index contributed by atoms with van der Waals surface area (Å²) in [5.74, 6) is 0.153. The summed E-state index contributed by atoms with van der Waals surface area (Å²) in [6, 6.07) is 8.37. The van der Waals surface area contributed by atoms with Gasteiger partial charge in [0.15, 0.2) is 12.0 Å². The van der Waals surface area contributed by atoms with Crippen molar-refractivity contribution in [1.82, 2.24) is 34.7 Å². The summed E-state index contributed by atoms with van der Waals surface area (Å²) >= 11 is 0. The molecule has 2 aromatic heterocycles. The molecule has 346 valence electrons. The van der Waals surface area contributed by atoms with E-state index in [1.807, 2.05) is 25.1 Å². The molecule has 0 saturated carbocycles. The Bertz CT molecular complexity index is 2460. The molecule has 3 fully saturated rings. The Kier molecular flexibility index (Phi) is 11.8. The Morgan fingerprint density at radius 1 is 1.05 bits per heavy atom. The minimum atomic E-state index is -2.67. The van der Waals surface area contributed by atoms with Crippen LogP contribution in [-0.4, -0.2) is 122 Å². The largest absolute Gasteiger partial charge is 0.633 e. The first-order valence-corrected chi connectivity index (χ1v) is 23.7. The number of aldehydes is 1. The number of aliphatic hydroxyl groups excluding tert-OH is 1. The van der Waals surface area contributed by atoms with Gasteiger partial charge in [-0.3, -0.25) is 23.9 Å². The predicted molar refractivity (Wildman–Crippen MR) is 240 cm³/mol. The van der Waals surface area contributed by atoms with Crippen molar-refractivity contribution in [3.63, 3.8) is 0 Å². The lowest BCUT2D eigenvalue weighted by Crippen LogP contribution is -2.54. The lowest BCUT2D eigenvalue weighted by atomic mass is 9.92. The molecule has 8 heterocycles. The van der Waals surface area contributed by atoms with E-state index in [1.165, 1.54) is 4.90 Å². The Labute approximate surface area is 378 Å². The quantitative estimate of drug-likeness (QED) is 0.108. The molecule has 6 aliphatic heterocycles. The van der Waals surface area contributed by atoms with Crippen LogP contribution in [0.4, 0.5) is 26.0 Å². The minimum Gasteiger partial charge on any atom is -0.633 e. The number of hydrogen-bond donors (Lipinski definition) is 2. The summed E-state index contributed by atoms with van der Waals surface area (Å²) in [5, 5.41) is 37.5. The highest BCUT2D eigenvalue weighted by atomic mass is 19.3. The van der Waals surface area contributed by atoms with Gasteiger partial charge in [-0.25, -0.2) is 8.78 Å². The lowest BCUT2D eigenvalue weighted by molar-refractivity contribution is -0.894. The van der Waals surface area contributed by atoms with Crippen molar-refractivity contribution in [2.24, 2.45) is 18.9 Å². The Morgan fingerprint density at radius 3 is 2.57 bits per heavy atom. The van der Waals surface area contributed by atoms with E-state index < -0.39 is 24.6 Å². The zero-order valence-electron chi connectivity index (χ0n) is 37.4. The third-order valence-electron chi connectivity index (χ3n) is 15.4. The number of fused-ring (bicyclic) bond motifs is 3. The van der Waals surface area contributed by atoms with Crippen LogP contribution in [0.15, 0.2) is 42.7 Å². The number of nitrogens with zero attached hydrogens (tertiary/aromatic N) is 9. The molecule has 0 spiro atoms. The molecular weight excluding hydrogens is 835 g/mol. The molecule has 0 bridgehead atoms. The molecule has 0 radical (unpaired) electrons. The number of benzene rings is 2. The van der Waals surface area contributed by atoms with E-state index in [4.69, 9.17) is 5.10 Å². The maximum atomic E-state index is 14.8. The number of halogens is 2. The molecule has 2 aromatic carbocycles. The number of alkyl halides is 2. The smallest absolute Gasteiger partial charge is 0.264 e. The number of carbonyl (C=O) groups is 3. The number of nitrogens with one attached hydrogen (secondary N) is 1. The lowest BCUT2D eigenvalue weighted by Gasteiger charge is -2.45. The number of carbonyl (C=O) groups excluding carboxylic acids is 3. The van der Waals surface area contributed by atoms with Crippen LogP contribution in [0, 0.1) is 17.0 Å². The van der Waals surface area contributed by atoms with E-state index in [0.717, 1.165) is 118 Å². The van der Waals surface area contributed by atoms with E-state index in [9.17, 15) is 33.5 Å². The van der Waals surface area contributed by atoms with Crippen molar-refractivity contribution in [3.05, 3.63) is 81.4 Å². The van der Waals surface area contributed by atoms with Gasteiger partial charge in [0.05, 0.1) is 42.1 Å². The van der Waals surface area contributed by atoms with Crippen molar-refractivity contribution in [2.75, 3.05) is 68.7 Å². The summed E-state index contributed by atoms with van der Waals surface area (Å²) in [4.78, 5) is 46.4. The van der Waals surface area contributed by atoms with E-state index >= 15 is 0 Å². The first-order chi connectivity index (χ1) is 31.4. The van der Waals surface area contributed by atoms with Crippen LogP contribution in [0.1, 0.15) is 109 Å². The normalized spacial score (nSPS) is 25.5.